The van der Waals surface area contributed by atoms with Gasteiger partial charge in [0.15, 0.2) is 0 Å². The van der Waals surface area contributed by atoms with E-state index in [2.05, 4.69) is 29.9 Å². The summed E-state index contributed by atoms with van der Waals surface area (Å²) in [7, 11) is 3.44. The van der Waals surface area contributed by atoms with Gasteiger partial charge in [0, 0.05) is 26.7 Å². The summed E-state index contributed by atoms with van der Waals surface area (Å²) in [6, 6.07) is 2.15. The third kappa shape index (κ3) is 2.97. The number of rotatable bonds is 4. The lowest BCUT2D eigenvalue weighted by Crippen LogP contribution is -2.25. The van der Waals surface area contributed by atoms with Crippen LogP contribution in [0.1, 0.15) is 25.2 Å². The van der Waals surface area contributed by atoms with Gasteiger partial charge in [0.05, 0.1) is 24.4 Å². The van der Waals surface area contributed by atoms with Crippen LogP contribution in [0.5, 0.6) is 0 Å². The molecule has 1 saturated heterocycles. The average molecular weight is 265 g/mol. The van der Waals surface area contributed by atoms with Crippen LogP contribution in [0.2, 0.25) is 0 Å². The van der Waals surface area contributed by atoms with Crippen LogP contribution in [0.4, 0.5) is 0 Å². The van der Waals surface area contributed by atoms with Gasteiger partial charge in [0.1, 0.15) is 0 Å². The van der Waals surface area contributed by atoms with Gasteiger partial charge < -0.3 is 4.74 Å². The number of esters is 1. The van der Waals surface area contributed by atoms with Crippen molar-refractivity contribution < 1.29 is 9.53 Å². The molecular formula is C14H23N3O2. The van der Waals surface area contributed by atoms with Gasteiger partial charge in [-0.1, -0.05) is 13.8 Å². The second kappa shape index (κ2) is 5.74. The zero-order valence-electron chi connectivity index (χ0n) is 12.2. The molecule has 0 radical (unpaired) electrons. The molecule has 106 valence electrons. The summed E-state index contributed by atoms with van der Waals surface area (Å²) in [4.78, 5) is 14.0. The molecular weight excluding hydrogens is 242 g/mol. The zero-order valence-corrected chi connectivity index (χ0v) is 12.2. The summed E-state index contributed by atoms with van der Waals surface area (Å²) < 4.78 is 6.80. The van der Waals surface area contributed by atoms with Crippen molar-refractivity contribution in [2.24, 2.45) is 18.9 Å². The van der Waals surface area contributed by atoms with Gasteiger partial charge in [-0.3, -0.25) is 14.4 Å². The van der Waals surface area contributed by atoms with Crippen molar-refractivity contribution in [3.8, 4) is 0 Å². The predicted octanol–water partition coefficient (Wildman–Crippen LogP) is 1.22. The summed E-state index contributed by atoms with van der Waals surface area (Å²) >= 11 is 0. The van der Waals surface area contributed by atoms with E-state index < -0.39 is 0 Å². The number of carbonyl (C=O) groups excluding carboxylic acids is 1. The lowest BCUT2D eigenvalue weighted by atomic mass is 9.99. The van der Waals surface area contributed by atoms with Crippen molar-refractivity contribution in [1.29, 1.82) is 0 Å². The predicted molar refractivity (Wildman–Crippen MR) is 72.5 cm³/mol. The van der Waals surface area contributed by atoms with E-state index >= 15 is 0 Å². The lowest BCUT2D eigenvalue weighted by Gasteiger charge is -2.15. The maximum Gasteiger partial charge on any atom is 0.310 e. The Hall–Kier alpha value is -1.36. The standard InChI is InChI=1S/C14H23N3O2/c1-5-11-6-12(16(3)15-11)8-17-7-10(2)13(9-17)14(18)19-4/h6,10,13H,5,7-9H2,1-4H3. The Morgan fingerprint density at radius 1 is 1.53 bits per heavy atom. The van der Waals surface area contributed by atoms with Gasteiger partial charge in [0.2, 0.25) is 0 Å². The van der Waals surface area contributed by atoms with E-state index in [0.29, 0.717) is 5.92 Å². The summed E-state index contributed by atoms with van der Waals surface area (Å²) in [5, 5.41) is 4.46. The van der Waals surface area contributed by atoms with Crippen LogP contribution in [-0.4, -0.2) is 40.8 Å². The number of likely N-dealkylation sites (tertiary alicyclic amines) is 1. The van der Waals surface area contributed by atoms with Gasteiger partial charge in [-0.25, -0.2) is 0 Å². The Kier molecular flexibility index (Phi) is 4.24. The highest BCUT2D eigenvalue weighted by Crippen LogP contribution is 2.25. The second-order valence-electron chi connectivity index (χ2n) is 5.41. The molecule has 1 aliphatic rings. The Morgan fingerprint density at radius 2 is 2.26 bits per heavy atom. The molecule has 2 rings (SSSR count). The first kappa shape index (κ1) is 14.1. The molecule has 5 heteroatoms. The number of ether oxygens (including phenoxy) is 1. The van der Waals surface area contributed by atoms with Crippen LogP contribution < -0.4 is 0 Å². The van der Waals surface area contributed by atoms with Crippen molar-refractivity contribution in [2.45, 2.75) is 26.8 Å². The Labute approximate surface area is 114 Å². The number of aromatic nitrogens is 2. The quantitative estimate of drug-likeness (QED) is 0.768. The third-order valence-corrected chi connectivity index (χ3v) is 3.97. The number of nitrogens with zero attached hydrogens (tertiary/aromatic N) is 3. The number of hydrogen-bond donors (Lipinski definition) is 0. The molecule has 1 aromatic heterocycles. The summed E-state index contributed by atoms with van der Waals surface area (Å²) in [6.45, 7) is 6.79. The minimum Gasteiger partial charge on any atom is -0.469 e. The number of carbonyl (C=O) groups is 1. The monoisotopic (exact) mass is 265 g/mol. The molecule has 1 aliphatic heterocycles. The first-order valence-electron chi connectivity index (χ1n) is 6.87. The molecule has 2 heterocycles. The Balaban J connectivity index is 2.01. The van der Waals surface area contributed by atoms with Gasteiger partial charge in [-0.15, -0.1) is 0 Å². The molecule has 5 nitrogen and oxygen atoms in total. The molecule has 0 saturated carbocycles. The van der Waals surface area contributed by atoms with E-state index in [0.717, 1.165) is 31.7 Å². The average Bonchev–Trinajstić information content (AvgIpc) is 2.93. The SMILES string of the molecule is CCc1cc(CN2CC(C)C(C(=O)OC)C2)n(C)n1. The van der Waals surface area contributed by atoms with Crippen molar-refractivity contribution in [2.75, 3.05) is 20.2 Å². The Bertz CT molecular complexity index is 456. The lowest BCUT2D eigenvalue weighted by molar-refractivity contribution is -0.146. The Morgan fingerprint density at radius 3 is 2.84 bits per heavy atom. The summed E-state index contributed by atoms with van der Waals surface area (Å²) in [6.07, 6.45) is 0.953. The minimum atomic E-state index is -0.0887. The van der Waals surface area contributed by atoms with Crippen LogP contribution in [0, 0.1) is 11.8 Å². The fourth-order valence-corrected chi connectivity index (χ4v) is 2.78. The molecule has 19 heavy (non-hydrogen) atoms. The van der Waals surface area contributed by atoms with Gasteiger partial charge in [-0.05, 0) is 18.4 Å². The van der Waals surface area contributed by atoms with Crippen LogP contribution in [-0.2, 0) is 29.5 Å². The molecule has 2 unspecified atom stereocenters. The largest absolute Gasteiger partial charge is 0.469 e. The summed E-state index contributed by atoms with van der Waals surface area (Å²) in [5.74, 6) is 0.268. The zero-order chi connectivity index (χ0) is 14.0. The van der Waals surface area contributed by atoms with Gasteiger partial charge in [-0.2, -0.15) is 5.10 Å². The molecule has 0 aliphatic carbocycles. The van der Waals surface area contributed by atoms with E-state index in [-0.39, 0.29) is 11.9 Å². The van der Waals surface area contributed by atoms with Crippen molar-refractivity contribution in [3.63, 3.8) is 0 Å². The highest BCUT2D eigenvalue weighted by atomic mass is 16.5. The maximum absolute atomic E-state index is 11.7. The molecule has 0 N–H and O–H groups in total. The maximum atomic E-state index is 11.7. The van der Waals surface area contributed by atoms with Crippen molar-refractivity contribution in [1.82, 2.24) is 14.7 Å². The molecule has 2 atom stereocenters. The highest BCUT2D eigenvalue weighted by Gasteiger charge is 2.35. The highest BCUT2D eigenvalue weighted by molar-refractivity contribution is 5.73. The number of aryl methyl sites for hydroxylation is 2. The van der Waals surface area contributed by atoms with Crippen molar-refractivity contribution >= 4 is 5.97 Å². The van der Waals surface area contributed by atoms with E-state index in [1.807, 2.05) is 11.7 Å². The van der Waals surface area contributed by atoms with E-state index in [1.165, 1.54) is 12.8 Å². The van der Waals surface area contributed by atoms with E-state index in [1.54, 1.807) is 0 Å². The van der Waals surface area contributed by atoms with Crippen LogP contribution >= 0.6 is 0 Å². The molecule has 0 amide bonds. The van der Waals surface area contributed by atoms with Crippen LogP contribution in [0.25, 0.3) is 0 Å². The molecule has 1 aromatic rings. The number of methoxy groups -OCH3 is 1. The van der Waals surface area contributed by atoms with E-state index in [4.69, 9.17) is 4.74 Å². The fraction of sp³-hybridized carbons (Fsp3) is 0.714. The fourth-order valence-electron chi connectivity index (χ4n) is 2.78. The topological polar surface area (TPSA) is 47.4 Å². The van der Waals surface area contributed by atoms with Crippen LogP contribution in [0.15, 0.2) is 6.07 Å². The summed E-state index contributed by atoms with van der Waals surface area (Å²) in [5.41, 5.74) is 2.32. The first-order valence-corrected chi connectivity index (χ1v) is 6.87. The number of hydrogen-bond acceptors (Lipinski definition) is 4. The first-order chi connectivity index (χ1) is 9.05. The van der Waals surface area contributed by atoms with Gasteiger partial charge in [0.25, 0.3) is 0 Å². The van der Waals surface area contributed by atoms with E-state index in [9.17, 15) is 4.79 Å². The third-order valence-electron chi connectivity index (χ3n) is 3.97. The molecule has 0 spiro atoms. The smallest absolute Gasteiger partial charge is 0.310 e. The minimum absolute atomic E-state index is 0.00359. The van der Waals surface area contributed by atoms with Crippen LogP contribution in [0.3, 0.4) is 0 Å². The molecule has 1 fully saturated rings. The molecule has 0 aromatic carbocycles. The normalized spacial score (nSPS) is 23.8. The molecule has 0 bridgehead atoms. The van der Waals surface area contributed by atoms with Gasteiger partial charge >= 0.3 is 5.97 Å². The second-order valence-corrected chi connectivity index (χ2v) is 5.41. The van der Waals surface area contributed by atoms with Crippen molar-refractivity contribution in [3.05, 3.63) is 17.5 Å².